The number of amides is 1. The molecule has 0 spiro atoms. The van der Waals surface area contributed by atoms with E-state index in [2.05, 4.69) is 10.3 Å². The zero-order valence-corrected chi connectivity index (χ0v) is 12.7. The van der Waals surface area contributed by atoms with Crippen LogP contribution in [0.25, 0.3) is 0 Å². The van der Waals surface area contributed by atoms with Crippen LogP contribution in [0.2, 0.25) is 0 Å². The molecule has 0 aliphatic heterocycles. The molecule has 2 rings (SSSR count). The van der Waals surface area contributed by atoms with Gasteiger partial charge in [0.1, 0.15) is 11.6 Å². The van der Waals surface area contributed by atoms with Crippen LogP contribution in [0.1, 0.15) is 12.0 Å². The second-order valence-electron chi connectivity index (χ2n) is 4.49. The Bertz CT molecular complexity index is 607. The first-order valence-corrected chi connectivity index (χ1v) is 7.10. The Labute approximate surface area is 125 Å². The first kappa shape index (κ1) is 15.4. The summed E-state index contributed by atoms with van der Waals surface area (Å²) in [7, 11) is 1.90. The fourth-order valence-corrected chi connectivity index (χ4v) is 1.88. The quantitative estimate of drug-likeness (QED) is 0.869. The number of aryl methyl sites for hydroxylation is 1. The predicted molar refractivity (Wildman–Crippen MR) is 83.2 cm³/mol. The maximum atomic E-state index is 12.9. The molecule has 1 aromatic heterocycles. The van der Waals surface area contributed by atoms with E-state index in [1.54, 1.807) is 30.5 Å². The van der Waals surface area contributed by atoms with Gasteiger partial charge in [-0.15, -0.1) is 0 Å². The number of carbonyl (C=O) groups excluding carboxylic acids is 1. The number of anilines is 1. The van der Waals surface area contributed by atoms with Crippen molar-refractivity contribution in [3.63, 3.8) is 0 Å². The molecule has 4 nitrogen and oxygen atoms in total. The monoisotopic (exact) mass is 306 g/mol. The third-order valence-corrected chi connectivity index (χ3v) is 2.85. The van der Waals surface area contributed by atoms with Gasteiger partial charge < -0.3 is 10.1 Å². The molecule has 0 saturated carbocycles. The summed E-state index contributed by atoms with van der Waals surface area (Å²) in [6, 6.07) is 3.58. The van der Waals surface area contributed by atoms with Crippen LogP contribution in [0.3, 0.4) is 0 Å². The molecule has 1 N–H and O–H groups in total. The lowest BCUT2D eigenvalue weighted by atomic mass is 10.2. The van der Waals surface area contributed by atoms with Crippen LogP contribution in [-0.2, 0) is 9.53 Å². The van der Waals surface area contributed by atoms with Crippen LogP contribution >= 0.6 is 9.24 Å². The van der Waals surface area contributed by atoms with Crippen molar-refractivity contribution in [2.75, 3.05) is 5.32 Å². The largest absolute Gasteiger partial charge is 0.458 e. The van der Waals surface area contributed by atoms with E-state index in [9.17, 15) is 9.18 Å². The molecular formula is C15H16FN2O2P. The van der Waals surface area contributed by atoms with Crippen molar-refractivity contribution < 1.29 is 13.9 Å². The van der Waals surface area contributed by atoms with Gasteiger partial charge >= 0.3 is 0 Å². The molecule has 1 aliphatic rings. The topological polar surface area (TPSA) is 51.2 Å². The van der Waals surface area contributed by atoms with Crippen molar-refractivity contribution >= 4 is 21.0 Å². The SMILES string of the molecule is Cc1ccc(NC(=O)C2=CC(OC(F)P)=CCC=C2)nc1. The first-order chi connectivity index (χ1) is 10.0. The van der Waals surface area contributed by atoms with Crippen molar-refractivity contribution in [3.8, 4) is 0 Å². The van der Waals surface area contributed by atoms with Gasteiger partial charge in [0, 0.05) is 11.8 Å². The minimum absolute atomic E-state index is 0.321. The summed E-state index contributed by atoms with van der Waals surface area (Å²) in [5.74, 6) is 0.465. The summed E-state index contributed by atoms with van der Waals surface area (Å²) >= 11 is 0. The van der Waals surface area contributed by atoms with Crippen LogP contribution in [0.4, 0.5) is 10.2 Å². The zero-order valence-electron chi connectivity index (χ0n) is 11.5. The Morgan fingerprint density at radius 1 is 1.52 bits per heavy atom. The van der Waals surface area contributed by atoms with Gasteiger partial charge in [0.2, 0.25) is 6.10 Å². The number of nitrogens with one attached hydrogen (secondary N) is 1. The second-order valence-corrected chi connectivity index (χ2v) is 5.01. The summed E-state index contributed by atoms with van der Waals surface area (Å²) in [5.41, 5.74) is 1.39. The number of halogens is 1. The van der Waals surface area contributed by atoms with Crippen molar-refractivity contribution in [1.82, 2.24) is 4.98 Å². The Kier molecular flexibility index (Phi) is 5.23. The average Bonchev–Trinajstić information content (AvgIpc) is 2.66. The molecular weight excluding hydrogens is 290 g/mol. The van der Waals surface area contributed by atoms with E-state index >= 15 is 0 Å². The fourth-order valence-electron chi connectivity index (χ4n) is 1.72. The van der Waals surface area contributed by atoms with Gasteiger partial charge in [-0.25, -0.2) is 4.98 Å². The van der Waals surface area contributed by atoms with Crippen LogP contribution in [0.15, 0.2) is 54.0 Å². The lowest BCUT2D eigenvalue weighted by Gasteiger charge is -2.09. The number of ether oxygens (including phenoxy) is 1. The van der Waals surface area contributed by atoms with E-state index < -0.39 is 6.10 Å². The molecule has 0 fully saturated rings. The van der Waals surface area contributed by atoms with Crippen molar-refractivity contribution in [2.24, 2.45) is 0 Å². The summed E-state index contributed by atoms with van der Waals surface area (Å²) in [6.07, 6.45) is 7.42. The van der Waals surface area contributed by atoms with Crippen LogP contribution in [0.5, 0.6) is 0 Å². The summed E-state index contributed by atoms with van der Waals surface area (Å²) < 4.78 is 17.8. The van der Waals surface area contributed by atoms with Crippen molar-refractivity contribution in [1.29, 1.82) is 0 Å². The summed E-state index contributed by atoms with van der Waals surface area (Å²) in [4.78, 5) is 16.3. The Morgan fingerprint density at radius 2 is 2.33 bits per heavy atom. The molecule has 1 aromatic rings. The zero-order chi connectivity index (χ0) is 15.2. The van der Waals surface area contributed by atoms with E-state index in [1.807, 2.05) is 22.2 Å². The third-order valence-electron chi connectivity index (χ3n) is 2.71. The maximum absolute atomic E-state index is 12.9. The van der Waals surface area contributed by atoms with Gasteiger partial charge in [-0.2, -0.15) is 4.39 Å². The molecule has 6 heteroatoms. The van der Waals surface area contributed by atoms with Crippen molar-refractivity contribution in [2.45, 2.75) is 19.4 Å². The summed E-state index contributed by atoms with van der Waals surface area (Å²) in [5, 5.41) is 2.69. The number of hydrogen-bond donors (Lipinski definition) is 1. The van der Waals surface area contributed by atoms with Crippen LogP contribution in [0, 0.1) is 6.92 Å². The number of aromatic nitrogens is 1. The molecule has 0 aromatic carbocycles. The smallest absolute Gasteiger partial charge is 0.256 e. The Balaban J connectivity index is 2.11. The van der Waals surface area contributed by atoms with E-state index in [0.717, 1.165) is 5.56 Å². The lowest BCUT2D eigenvalue weighted by molar-refractivity contribution is -0.112. The molecule has 0 saturated heterocycles. The highest BCUT2D eigenvalue weighted by atomic mass is 31.0. The summed E-state index contributed by atoms with van der Waals surface area (Å²) in [6.45, 7) is 1.92. The first-order valence-electron chi connectivity index (χ1n) is 6.43. The second kappa shape index (κ2) is 7.14. The molecule has 1 heterocycles. The maximum Gasteiger partial charge on any atom is 0.256 e. The normalized spacial score (nSPS) is 15.6. The van der Waals surface area contributed by atoms with E-state index in [0.29, 0.717) is 23.6 Å². The van der Waals surface area contributed by atoms with E-state index in [4.69, 9.17) is 4.74 Å². The molecule has 21 heavy (non-hydrogen) atoms. The Morgan fingerprint density at radius 3 is 3.00 bits per heavy atom. The molecule has 1 aliphatic carbocycles. The van der Waals surface area contributed by atoms with Crippen LogP contribution in [-0.4, -0.2) is 17.0 Å². The fraction of sp³-hybridized carbons (Fsp3) is 0.200. The number of nitrogens with zero attached hydrogens (tertiary/aromatic N) is 1. The Hall–Kier alpha value is -2.00. The number of alkyl halides is 1. The van der Waals surface area contributed by atoms with Gasteiger partial charge in [0.15, 0.2) is 0 Å². The number of carbonyl (C=O) groups is 1. The highest BCUT2D eigenvalue weighted by molar-refractivity contribution is 7.16. The number of allylic oxidation sites excluding steroid dienone is 3. The number of hydrogen-bond acceptors (Lipinski definition) is 3. The van der Waals surface area contributed by atoms with E-state index in [1.165, 1.54) is 6.08 Å². The highest BCUT2D eigenvalue weighted by Gasteiger charge is 2.12. The minimum Gasteiger partial charge on any atom is -0.458 e. The molecule has 2 atom stereocenters. The molecule has 0 radical (unpaired) electrons. The molecule has 1 amide bonds. The van der Waals surface area contributed by atoms with Crippen LogP contribution < -0.4 is 5.32 Å². The highest BCUT2D eigenvalue weighted by Crippen LogP contribution is 2.18. The molecule has 2 unspecified atom stereocenters. The van der Waals surface area contributed by atoms with Gasteiger partial charge in [0.25, 0.3) is 5.91 Å². The standard InChI is InChI=1S/C15H16FN2O2P/c1-10-6-7-13(17-9-10)18-14(19)11-4-2-3-5-12(8-11)20-15(16)21/h2,4-9,15H,3,21H2,1H3,(H,17,18,19). The minimum atomic E-state index is -1.51. The van der Waals surface area contributed by atoms with Gasteiger partial charge in [0.05, 0.1) is 0 Å². The van der Waals surface area contributed by atoms with Gasteiger partial charge in [-0.3, -0.25) is 4.79 Å². The number of rotatable bonds is 4. The van der Waals surface area contributed by atoms with Gasteiger partial charge in [-0.1, -0.05) is 27.5 Å². The number of pyridine rings is 1. The third kappa shape index (κ3) is 4.80. The lowest BCUT2D eigenvalue weighted by Crippen LogP contribution is -2.14. The van der Waals surface area contributed by atoms with Gasteiger partial charge in [-0.05, 0) is 37.1 Å². The average molecular weight is 306 g/mol. The van der Waals surface area contributed by atoms with Crippen molar-refractivity contribution in [3.05, 3.63) is 59.5 Å². The molecule has 0 bridgehead atoms. The molecule has 110 valence electrons. The van der Waals surface area contributed by atoms with E-state index in [-0.39, 0.29) is 5.91 Å². The predicted octanol–water partition coefficient (Wildman–Crippen LogP) is 3.24.